The van der Waals surface area contributed by atoms with E-state index in [1.807, 2.05) is 0 Å². The third-order valence-corrected chi connectivity index (χ3v) is 2.15. The van der Waals surface area contributed by atoms with Crippen LogP contribution < -0.4 is 5.32 Å². The van der Waals surface area contributed by atoms with Gasteiger partial charge in [0.25, 0.3) is 0 Å². The largest absolute Gasteiger partial charge is 0.481 e. The van der Waals surface area contributed by atoms with Gasteiger partial charge in [-0.05, 0) is 12.8 Å². The maximum Gasteiger partial charge on any atom is 0.303 e. The third-order valence-electron chi connectivity index (χ3n) is 2.15. The molecule has 0 heterocycles. The number of nitrogens with one attached hydrogen (secondary N) is 1. The highest BCUT2D eigenvalue weighted by molar-refractivity contribution is 5.76. The number of rotatable bonds is 9. The van der Waals surface area contributed by atoms with Crippen LogP contribution in [-0.4, -0.2) is 23.5 Å². The summed E-state index contributed by atoms with van der Waals surface area (Å²) in [5.41, 5.74) is 0. The number of hydrogen-bond acceptors (Lipinski definition) is 2. The molecule has 4 heteroatoms. The van der Waals surface area contributed by atoms with E-state index in [1.165, 1.54) is 12.8 Å². The monoisotopic (exact) mass is 215 g/mol. The van der Waals surface area contributed by atoms with Crippen molar-refractivity contribution >= 4 is 11.9 Å². The molecule has 1 amide bonds. The number of unbranched alkanes of at least 4 members (excludes halogenated alkanes) is 3. The van der Waals surface area contributed by atoms with E-state index in [9.17, 15) is 9.59 Å². The molecule has 0 aliphatic rings. The number of hydrogen-bond donors (Lipinski definition) is 2. The fourth-order valence-corrected chi connectivity index (χ4v) is 1.27. The molecule has 0 bridgehead atoms. The summed E-state index contributed by atoms with van der Waals surface area (Å²) in [7, 11) is 0. The second-order valence-corrected chi connectivity index (χ2v) is 3.66. The van der Waals surface area contributed by atoms with Crippen molar-refractivity contribution in [2.45, 2.75) is 51.9 Å². The van der Waals surface area contributed by atoms with E-state index in [4.69, 9.17) is 5.11 Å². The first-order valence-corrected chi connectivity index (χ1v) is 5.65. The molecule has 0 aliphatic heterocycles. The number of amides is 1. The molecule has 15 heavy (non-hydrogen) atoms. The highest BCUT2D eigenvalue weighted by atomic mass is 16.4. The first-order valence-electron chi connectivity index (χ1n) is 5.65. The lowest BCUT2D eigenvalue weighted by atomic mass is 10.2. The Kier molecular flexibility index (Phi) is 8.82. The van der Waals surface area contributed by atoms with Crippen molar-refractivity contribution in [3.63, 3.8) is 0 Å². The highest BCUT2D eigenvalue weighted by Gasteiger charge is 2.02. The zero-order chi connectivity index (χ0) is 11.5. The molecule has 4 nitrogen and oxygen atoms in total. The molecule has 0 fully saturated rings. The molecule has 0 aromatic carbocycles. The average Bonchev–Trinajstić information content (AvgIpc) is 2.17. The standard InChI is InChI=1S/C11H21NO3/c1-2-3-4-5-9-12-10(13)7-6-8-11(14)15/h2-9H2,1H3,(H,12,13)(H,14,15). The van der Waals surface area contributed by atoms with Crippen LogP contribution in [0, 0.1) is 0 Å². The van der Waals surface area contributed by atoms with E-state index in [2.05, 4.69) is 12.2 Å². The topological polar surface area (TPSA) is 66.4 Å². The number of carbonyl (C=O) groups excluding carboxylic acids is 1. The molecular formula is C11H21NO3. The van der Waals surface area contributed by atoms with Gasteiger partial charge in [-0.15, -0.1) is 0 Å². The van der Waals surface area contributed by atoms with Gasteiger partial charge in [0, 0.05) is 19.4 Å². The second-order valence-electron chi connectivity index (χ2n) is 3.66. The van der Waals surface area contributed by atoms with Crippen LogP contribution in [0.5, 0.6) is 0 Å². The average molecular weight is 215 g/mol. The maximum atomic E-state index is 11.2. The first kappa shape index (κ1) is 13.9. The molecule has 0 aromatic heterocycles. The fraction of sp³-hybridized carbons (Fsp3) is 0.818. The molecule has 0 radical (unpaired) electrons. The first-order chi connectivity index (χ1) is 7.16. The van der Waals surface area contributed by atoms with Gasteiger partial charge in [-0.1, -0.05) is 26.2 Å². The summed E-state index contributed by atoms with van der Waals surface area (Å²) in [5, 5.41) is 11.2. The Balaban J connectivity index is 3.22. The summed E-state index contributed by atoms with van der Waals surface area (Å²) >= 11 is 0. The summed E-state index contributed by atoms with van der Waals surface area (Å²) in [6.07, 6.45) is 5.37. The van der Waals surface area contributed by atoms with Gasteiger partial charge in [0.05, 0.1) is 0 Å². The Labute approximate surface area is 91.1 Å². The SMILES string of the molecule is CCCCCCNC(=O)CCCC(=O)O. The van der Waals surface area contributed by atoms with Crippen LogP contribution >= 0.6 is 0 Å². The van der Waals surface area contributed by atoms with Gasteiger partial charge in [0.1, 0.15) is 0 Å². The minimum Gasteiger partial charge on any atom is -0.481 e. The van der Waals surface area contributed by atoms with Crippen molar-refractivity contribution in [1.29, 1.82) is 0 Å². The predicted molar refractivity (Wildman–Crippen MR) is 58.6 cm³/mol. The molecule has 2 N–H and O–H groups in total. The van der Waals surface area contributed by atoms with E-state index in [0.29, 0.717) is 19.4 Å². The van der Waals surface area contributed by atoms with Crippen LogP contribution in [-0.2, 0) is 9.59 Å². The number of aliphatic carboxylic acids is 1. The van der Waals surface area contributed by atoms with Gasteiger partial charge in [-0.2, -0.15) is 0 Å². The minimum absolute atomic E-state index is 0.0345. The van der Waals surface area contributed by atoms with Crippen molar-refractivity contribution in [2.75, 3.05) is 6.54 Å². The smallest absolute Gasteiger partial charge is 0.303 e. The number of carbonyl (C=O) groups is 2. The minimum atomic E-state index is -0.842. The molecule has 0 rings (SSSR count). The quantitative estimate of drug-likeness (QED) is 0.578. The zero-order valence-electron chi connectivity index (χ0n) is 9.42. The Morgan fingerprint density at radius 1 is 1.07 bits per heavy atom. The lowest BCUT2D eigenvalue weighted by Gasteiger charge is -2.03. The second kappa shape index (κ2) is 9.49. The van der Waals surface area contributed by atoms with Crippen LogP contribution in [0.2, 0.25) is 0 Å². The molecule has 0 saturated carbocycles. The Morgan fingerprint density at radius 2 is 1.80 bits per heavy atom. The molecule has 0 spiro atoms. The van der Waals surface area contributed by atoms with Gasteiger partial charge in [-0.3, -0.25) is 9.59 Å². The van der Waals surface area contributed by atoms with E-state index in [-0.39, 0.29) is 12.3 Å². The lowest BCUT2D eigenvalue weighted by Crippen LogP contribution is -2.24. The van der Waals surface area contributed by atoms with Crippen molar-refractivity contribution in [1.82, 2.24) is 5.32 Å². The predicted octanol–water partition coefficient (Wildman–Crippen LogP) is 1.94. The molecule has 88 valence electrons. The molecule has 0 unspecified atom stereocenters. The van der Waals surface area contributed by atoms with Crippen LogP contribution in [0.25, 0.3) is 0 Å². The summed E-state index contributed by atoms with van der Waals surface area (Å²) in [5.74, 6) is -0.876. The van der Waals surface area contributed by atoms with E-state index in [1.54, 1.807) is 0 Å². The normalized spacial score (nSPS) is 9.93. The van der Waals surface area contributed by atoms with E-state index in [0.717, 1.165) is 12.8 Å². The Bertz CT molecular complexity index is 192. The van der Waals surface area contributed by atoms with Gasteiger partial charge >= 0.3 is 5.97 Å². The van der Waals surface area contributed by atoms with Crippen molar-refractivity contribution < 1.29 is 14.7 Å². The van der Waals surface area contributed by atoms with Crippen molar-refractivity contribution in [3.8, 4) is 0 Å². The Hall–Kier alpha value is -1.06. The third kappa shape index (κ3) is 10.9. The van der Waals surface area contributed by atoms with Crippen LogP contribution in [0.4, 0.5) is 0 Å². The van der Waals surface area contributed by atoms with Gasteiger partial charge < -0.3 is 10.4 Å². The van der Waals surface area contributed by atoms with E-state index >= 15 is 0 Å². The van der Waals surface area contributed by atoms with Crippen molar-refractivity contribution in [2.24, 2.45) is 0 Å². The fourth-order valence-electron chi connectivity index (χ4n) is 1.27. The maximum absolute atomic E-state index is 11.2. The van der Waals surface area contributed by atoms with Gasteiger partial charge in [-0.25, -0.2) is 0 Å². The molecular weight excluding hydrogens is 194 g/mol. The van der Waals surface area contributed by atoms with Crippen LogP contribution in [0.15, 0.2) is 0 Å². The van der Waals surface area contributed by atoms with Crippen LogP contribution in [0.3, 0.4) is 0 Å². The van der Waals surface area contributed by atoms with E-state index < -0.39 is 5.97 Å². The summed E-state index contributed by atoms with van der Waals surface area (Å²) in [6, 6.07) is 0. The number of carboxylic acids is 1. The molecule has 0 atom stereocenters. The van der Waals surface area contributed by atoms with Crippen molar-refractivity contribution in [3.05, 3.63) is 0 Å². The number of carboxylic acid groups (broad SMARTS) is 1. The highest BCUT2D eigenvalue weighted by Crippen LogP contribution is 1.98. The molecule has 0 aromatic rings. The van der Waals surface area contributed by atoms with Gasteiger partial charge in [0.15, 0.2) is 0 Å². The summed E-state index contributed by atoms with van der Waals surface area (Å²) in [6.45, 7) is 2.86. The Morgan fingerprint density at radius 3 is 2.40 bits per heavy atom. The zero-order valence-corrected chi connectivity index (χ0v) is 9.42. The molecule has 0 saturated heterocycles. The molecule has 0 aliphatic carbocycles. The lowest BCUT2D eigenvalue weighted by molar-refractivity contribution is -0.137. The van der Waals surface area contributed by atoms with Crippen LogP contribution in [0.1, 0.15) is 51.9 Å². The van der Waals surface area contributed by atoms with Gasteiger partial charge in [0.2, 0.25) is 5.91 Å². The summed E-state index contributed by atoms with van der Waals surface area (Å²) in [4.78, 5) is 21.3. The summed E-state index contributed by atoms with van der Waals surface area (Å²) < 4.78 is 0.